The first-order chi connectivity index (χ1) is 6.27. The lowest BCUT2D eigenvalue weighted by atomic mass is 10.2. The van der Waals surface area contributed by atoms with Crippen molar-refractivity contribution in [2.24, 2.45) is 0 Å². The van der Waals surface area contributed by atoms with Gasteiger partial charge in [0.05, 0.1) is 5.02 Å². The Bertz CT molecular complexity index is 352. The third-order valence-electron chi connectivity index (χ3n) is 1.40. The van der Waals surface area contributed by atoms with Gasteiger partial charge in [-0.25, -0.2) is 0 Å². The molecule has 0 atom stereocenters. The van der Waals surface area contributed by atoms with Crippen molar-refractivity contribution in [3.05, 3.63) is 28.8 Å². The van der Waals surface area contributed by atoms with E-state index in [0.717, 1.165) is 6.29 Å². The molecule has 0 N–H and O–H groups in total. The molecule has 3 heteroatoms. The van der Waals surface area contributed by atoms with Crippen molar-refractivity contribution in [2.75, 3.05) is 6.61 Å². The van der Waals surface area contributed by atoms with Gasteiger partial charge in [-0.15, -0.1) is 6.42 Å². The van der Waals surface area contributed by atoms with E-state index in [-0.39, 0.29) is 6.61 Å². The minimum Gasteiger partial charge on any atom is -0.479 e. The third kappa shape index (κ3) is 2.50. The number of aldehydes is 1. The van der Waals surface area contributed by atoms with Gasteiger partial charge in [-0.2, -0.15) is 0 Å². The maximum Gasteiger partial charge on any atom is 0.150 e. The Kier molecular flexibility index (Phi) is 3.36. The van der Waals surface area contributed by atoms with Crippen molar-refractivity contribution in [1.29, 1.82) is 0 Å². The van der Waals surface area contributed by atoms with Gasteiger partial charge in [-0.05, 0) is 18.2 Å². The predicted molar refractivity (Wildman–Crippen MR) is 51.2 cm³/mol. The van der Waals surface area contributed by atoms with Crippen molar-refractivity contribution in [2.45, 2.75) is 0 Å². The van der Waals surface area contributed by atoms with Crippen LogP contribution in [0.15, 0.2) is 18.2 Å². The SMILES string of the molecule is C#CCOc1cc(C=O)ccc1Cl. The number of carbonyl (C=O) groups excluding carboxylic acids is 1. The van der Waals surface area contributed by atoms with Gasteiger partial charge in [-0.1, -0.05) is 17.5 Å². The second-order valence-corrected chi connectivity index (χ2v) is 2.71. The maximum absolute atomic E-state index is 10.4. The molecule has 66 valence electrons. The van der Waals surface area contributed by atoms with Crippen LogP contribution in [0.4, 0.5) is 0 Å². The zero-order valence-electron chi connectivity index (χ0n) is 6.79. The molecule has 0 spiro atoms. The molecule has 0 unspecified atom stereocenters. The van der Waals surface area contributed by atoms with Crippen LogP contribution in [0, 0.1) is 12.3 Å². The van der Waals surface area contributed by atoms with Crippen LogP contribution in [0.1, 0.15) is 10.4 Å². The molecule has 0 bridgehead atoms. The molecule has 0 saturated heterocycles. The molecule has 0 heterocycles. The first-order valence-corrected chi connectivity index (χ1v) is 3.96. The van der Waals surface area contributed by atoms with Crippen molar-refractivity contribution in [3.63, 3.8) is 0 Å². The number of rotatable bonds is 3. The molecule has 0 aliphatic heterocycles. The number of hydrogen-bond donors (Lipinski definition) is 0. The van der Waals surface area contributed by atoms with Gasteiger partial charge in [0.1, 0.15) is 18.6 Å². The fourth-order valence-electron chi connectivity index (χ4n) is 0.823. The predicted octanol–water partition coefficient (Wildman–Crippen LogP) is 2.16. The lowest BCUT2D eigenvalue weighted by Gasteiger charge is -2.04. The first kappa shape index (κ1) is 9.63. The summed E-state index contributed by atoms with van der Waals surface area (Å²) in [5.74, 6) is 2.75. The minimum atomic E-state index is 0.141. The maximum atomic E-state index is 10.4. The zero-order valence-corrected chi connectivity index (χ0v) is 7.54. The second-order valence-electron chi connectivity index (χ2n) is 2.30. The first-order valence-electron chi connectivity index (χ1n) is 3.59. The van der Waals surface area contributed by atoms with E-state index in [0.29, 0.717) is 16.3 Å². The Morgan fingerprint density at radius 2 is 2.38 bits per heavy atom. The molecule has 0 aromatic heterocycles. The van der Waals surface area contributed by atoms with Crippen LogP contribution in [0.5, 0.6) is 5.75 Å². The van der Waals surface area contributed by atoms with E-state index in [1.807, 2.05) is 0 Å². The average Bonchev–Trinajstić information content (AvgIpc) is 2.17. The van der Waals surface area contributed by atoms with Gasteiger partial charge in [0.15, 0.2) is 0 Å². The van der Waals surface area contributed by atoms with Gasteiger partial charge in [0.25, 0.3) is 0 Å². The lowest BCUT2D eigenvalue weighted by Crippen LogP contribution is -1.94. The molecule has 0 aliphatic carbocycles. The fraction of sp³-hybridized carbons (Fsp3) is 0.100. The molecule has 0 aliphatic rings. The number of hydrogen-bond acceptors (Lipinski definition) is 2. The minimum absolute atomic E-state index is 0.141. The zero-order chi connectivity index (χ0) is 9.68. The van der Waals surface area contributed by atoms with E-state index in [1.54, 1.807) is 18.2 Å². The second kappa shape index (κ2) is 4.54. The highest BCUT2D eigenvalue weighted by Gasteiger charge is 2.01. The number of benzene rings is 1. The Hall–Kier alpha value is -1.46. The Balaban J connectivity index is 2.91. The summed E-state index contributed by atoms with van der Waals surface area (Å²) in [5, 5.41) is 0.445. The van der Waals surface area contributed by atoms with Crippen LogP contribution in [0.2, 0.25) is 5.02 Å². The number of halogens is 1. The highest BCUT2D eigenvalue weighted by atomic mass is 35.5. The molecule has 13 heavy (non-hydrogen) atoms. The van der Waals surface area contributed by atoms with E-state index < -0.39 is 0 Å². The van der Waals surface area contributed by atoms with E-state index in [1.165, 1.54) is 0 Å². The van der Waals surface area contributed by atoms with Crippen molar-refractivity contribution in [3.8, 4) is 18.1 Å². The third-order valence-corrected chi connectivity index (χ3v) is 1.71. The van der Waals surface area contributed by atoms with E-state index in [2.05, 4.69) is 5.92 Å². The molecular weight excluding hydrogens is 188 g/mol. The largest absolute Gasteiger partial charge is 0.479 e. The summed E-state index contributed by atoms with van der Waals surface area (Å²) in [6.45, 7) is 0.141. The molecule has 1 aromatic rings. The quantitative estimate of drug-likeness (QED) is 0.545. The van der Waals surface area contributed by atoms with Crippen LogP contribution in [0.3, 0.4) is 0 Å². The standard InChI is InChI=1S/C10H7ClO2/c1-2-5-13-10-6-8(7-12)3-4-9(10)11/h1,3-4,6-7H,5H2. The van der Waals surface area contributed by atoms with Gasteiger partial charge in [-0.3, -0.25) is 4.79 Å². The summed E-state index contributed by atoms with van der Waals surface area (Å²) in [7, 11) is 0. The summed E-state index contributed by atoms with van der Waals surface area (Å²) in [6.07, 6.45) is 5.73. The lowest BCUT2D eigenvalue weighted by molar-refractivity contribution is 0.112. The molecule has 0 amide bonds. The molecule has 1 aromatic carbocycles. The molecule has 0 saturated carbocycles. The Morgan fingerprint density at radius 1 is 1.62 bits per heavy atom. The number of ether oxygens (including phenoxy) is 1. The Labute approximate surface area is 81.5 Å². The monoisotopic (exact) mass is 194 g/mol. The number of carbonyl (C=O) groups is 1. The molecule has 2 nitrogen and oxygen atoms in total. The fourth-order valence-corrected chi connectivity index (χ4v) is 0.995. The molecule has 0 fully saturated rings. The smallest absolute Gasteiger partial charge is 0.150 e. The highest BCUT2D eigenvalue weighted by molar-refractivity contribution is 6.32. The van der Waals surface area contributed by atoms with Crippen LogP contribution >= 0.6 is 11.6 Å². The van der Waals surface area contributed by atoms with E-state index in [9.17, 15) is 4.79 Å². The average molecular weight is 195 g/mol. The highest BCUT2D eigenvalue weighted by Crippen LogP contribution is 2.24. The van der Waals surface area contributed by atoms with Gasteiger partial charge >= 0.3 is 0 Å². The van der Waals surface area contributed by atoms with Gasteiger partial charge in [0.2, 0.25) is 0 Å². The number of terminal acetylenes is 1. The summed E-state index contributed by atoms with van der Waals surface area (Å²) in [6, 6.07) is 4.75. The van der Waals surface area contributed by atoms with Crippen molar-refractivity contribution < 1.29 is 9.53 Å². The van der Waals surface area contributed by atoms with Crippen LogP contribution in [-0.2, 0) is 0 Å². The van der Waals surface area contributed by atoms with Gasteiger partial charge < -0.3 is 4.74 Å². The normalized spacial score (nSPS) is 8.92. The van der Waals surface area contributed by atoms with E-state index in [4.69, 9.17) is 22.8 Å². The molecule has 0 radical (unpaired) electrons. The van der Waals surface area contributed by atoms with Crippen LogP contribution < -0.4 is 4.74 Å². The summed E-state index contributed by atoms with van der Waals surface area (Å²) in [4.78, 5) is 10.4. The van der Waals surface area contributed by atoms with Gasteiger partial charge in [0, 0.05) is 5.56 Å². The van der Waals surface area contributed by atoms with E-state index >= 15 is 0 Å². The molecule has 1 rings (SSSR count). The Morgan fingerprint density at radius 3 is 3.00 bits per heavy atom. The van der Waals surface area contributed by atoms with Crippen molar-refractivity contribution >= 4 is 17.9 Å². The summed E-state index contributed by atoms with van der Waals surface area (Å²) < 4.78 is 5.10. The topological polar surface area (TPSA) is 26.3 Å². The van der Waals surface area contributed by atoms with Crippen LogP contribution in [0.25, 0.3) is 0 Å². The molecular formula is C10H7ClO2. The van der Waals surface area contributed by atoms with Crippen LogP contribution in [-0.4, -0.2) is 12.9 Å². The van der Waals surface area contributed by atoms with Crippen molar-refractivity contribution in [1.82, 2.24) is 0 Å². The summed E-state index contributed by atoms with van der Waals surface area (Å²) >= 11 is 5.78. The summed E-state index contributed by atoms with van der Waals surface area (Å²) in [5.41, 5.74) is 0.511.